The molecule has 18 heavy (non-hydrogen) atoms. The molecule has 0 radical (unpaired) electrons. The average Bonchev–Trinajstić information content (AvgIpc) is 2.36. The van der Waals surface area contributed by atoms with Crippen LogP contribution in [-0.4, -0.2) is 22.0 Å². The molecular formula is C13H16N4O. The van der Waals surface area contributed by atoms with Gasteiger partial charge in [-0.1, -0.05) is 0 Å². The van der Waals surface area contributed by atoms with Crippen LogP contribution < -0.4 is 10.1 Å². The summed E-state index contributed by atoms with van der Waals surface area (Å²) < 4.78 is 5.74. The SMILES string of the molecule is CNCc1cnc(C)nc1Oc1ccc(C)nc1. The molecule has 0 saturated carbocycles. The smallest absolute Gasteiger partial charge is 0.227 e. The van der Waals surface area contributed by atoms with E-state index in [1.807, 2.05) is 33.0 Å². The lowest BCUT2D eigenvalue weighted by atomic mass is 10.3. The maximum absolute atomic E-state index is 5.74. The van der Waals surface area contributed by atoms with Crippen LogP contribution in [0.25, 0.3) is 0 Å². The first-order valence-electron chi connectivity index (χ1n) is 5.76. The zero-order chi connectivity index (χ0) is 13.0. The molecule has 0 unspecified atom stereocenters. The van der Waals surface area contributed by atoms with Crippen molar-refractivity contribution in [2.24, 2.45) is 0 Å². The van der Waals surface area contributed by atoms with Crippen molar-refractivity contribution < 1.29 is 4.74 Å². The number of aryl methyl sites for hydroxylation is 2. The predicted molar refractivity (Wildman–Crippen MR) is 68.6 cm³/mol. The lowest BCUT2D eigenvalue weighted by molar-refractivity contribution is 0.448. The van der Waals surface area contributed by atoms with E-state index < -0.39 is 0 Å². The second kappa shape index (κ2) is 5.55. The van der Waals surface area contributed by atoms with Gasteiger partial charge in [-0.3, -0.25) is 4.98 Å². The average molecular weight is 244 g/mol. The van der Waals surface area contributed by atoms with Crippen LogP contribution in [0.2, 0.25) is 0 Å². The number of pyridine rings is 1. The Labute approximate surface area is 106 Å². The van der Waals surface area contributed by atoms with Crippen molar-refractivity contribution >= 4 is 0 Å². The predicted octanol–water partition coefficient (Wildman–Crippen LogP) is 2.00. The second-order valence-corrected chi connectivity index (χ2v) is 4.02. The van der Waals surface area contributed by atoms with Gasteiger partial charge in [0, 0.05) is 24.0 Å². The van der Waals surface area contributed by atoms with Crippen LogP contribution in [-0.2, 0) is 6.54 Å². The Morgan fingerprint density at radius 3 is 2.67 bits per heavy atom. The Kier molecular flexibility index (Phi) is 3.84. The van der Waals surface area contributed by atoms with Crippen LogP contribution in [0.4, 0.5) is 0 Å². The van der Waals surface area contributed by atoms with Gasteiger partial charge in [-0.05, 0) is 33.0 Å². The van der Waals surface area contributed by atoms with Crippen molar-refractivity contribution in [3.8, 4) is 11.6 Å². The molecule has 0 fully saturated rings. The van der Waals surface area contributed by atoms with E-state index in [1.54, 1.807) is 12.4 Å². The number of hydrogen-bond acceptors (Lipinski definition) is 5. The molecule has 0 spiro atoms. The van der Waals surface area contributed by atoms with Crippen molar-refractivity contribution in [2.75, 3.05) is 7.05 Å². The van der Waals surface area contributed by atoms with E-state index in [4.69, 9.17) is 4.74 Å². The minimum absolute atomic E-state index is 0.572. The summed E-state index contributed by atoms with van der Waals surface area (Å²) in [6, 6.07) is 3.78. The van der Waals surface area contributed by atoms with Gasteiger partial charge in [-0.2, -0.15) is 4.98 Å². The monoisotopic (exact) mass is 244 g/mol. The molecule has 0 aliphatic heterocycles. The normalized spacial score (nSPS) is 10.4. The number of nitrogens with zero attached hydrogens (tertiary/aromatic N) is 3. The molecule has 2 aromatic heterocycles. The Balaban J connectivity index is 2.26. The van der Waals surface area contributed by atoms with Crippen LogP contribution in [0, 0.1) is 13.8 Å². The Bertz CT molecular complexity index is 525. The van der Waals surface area contributed by atoms with E-state index >= 15 is 0 Å². The second-order valence-electron chi connectivity index (χ2n) is 4.02. The van der Waals surface area contributed by atoms with Crippen LogP contribution in [0.5, 0.6) is 11.6 Å². The van der Waals surface area contributed by atoms with E-state index in [1.165, 1.54) is 0 Å². The largest absolute Gasteiger partial charge is 0.437 e. The number of aromatic nitrogens is 3. The van der Waals surface area contributed by atoms with Crippen molar-refractivity contribution in [2.45, 2.75) is 20.4 Å². The number of ether oxygens (including phenoxy) is 1. The lowest BCUT2D eigenvalue weighted by Gasteiger charge is -2.09. The Morgan fingerprint density at radius 2 is 2.00 bits per heavy atom. The van der Waals surface area contributed by atoms with E-state index in [0.717, 1.165) is 11.3 Å². The molecule has 2 heterocycles. The summed E-state index contributed by atoms with van der Waals surface area (Å²) in [5.41, 5.74) is 1.88. The number of hydrogen-bond donors (Lipinski definition) is 1. The third-order valence-electron chi connectivity index (χ3n) is 2.41. The molecule has 5 heteroatoms. The summed E-state index contributed by atoms with van der Waals surface area (Å²) in [6.07, 6.45) is 3.46. The van der Waals surface area contributed by atoms with Gasteiger partial charge >= 0.3 is 0 Å². The molecule has 0 bridgehead atoms. The summed E-state index contributed by atoms with van der Waals surface area (Å²) in [7, 11) is 1.87. The van der Waals surface area contributed by atoms with Gasteiger partial charge in [0.25, 0.3) is 0 Å². The molecule has 0 aliphatic rings. The third-order valence-corrected chi connectivity index (χ3v) is 2.41. The van der Waals surface area contributed by atoms with Crippen LogP contribution in [0.3, 0.4) is 0 Å². The van der Waals surface area contributed by atoms with Crippen LogP contribution in [0.15, 0.2) is 24.5 Å². The Hall–Kier alpha value is -2.01. The summed E-state index contributed by atoms with van der Waals surface area (Å²) in [4.78, 5) is 12.7. The van der Waals surface area contributed by atoms with E-state index in [9.17, 15) is 0 Å². The van der Waals surface area contributed by atoms with Gasteiger partial charge in [-0.15, -0.1) is 0 Å². The quantitative estimate of drug-likeness (QED) is 0.891. The van der Waals surface area contributed by atoms with E-state index in [-0.39, 0.29) is 0 Å². The highest BCUT2D eigenvalue weighted by Gasteiger charge is 2.07. The van der Waals surface area contributed by atoms with Gasteiger partial charge in [0.05, 0.1) is 6.20 Å². The molecule has 5 nitrogen and oxygen atoms in total. The molecule has 0 amide bonds. The molecule has 1 N–H and O–H groups in total. The topological polar surface area (TPSA) is 59.9 Å². The van der Waals surface area contributed by atoms with Gasteiger partial charge < -0.3 is 10.1 Å². The van der Waals surface area contributed by atoms with Crippen molar-refractivity contribution in [3.63, 3.8) is 0 Å². The molecule has 0 aromatic carbocycles. The minimum Gasteiger partial charge on any atom is -0.437 e. The standard InChI is InChI=1S/C13H16N4O/c1-9-4-5-12(8-15-9)18-13-11(6-14-3)7-16-10(2)17-13/h4-5,7-8,14H,6H2,1-3H3. The first-order chi connectivity index (χ1) is 8.69. The maximum Gasteiger partial charge on any atom is 0.227 e. The molecule has 0 atom stereocenters. The summed E-state index contributed by atoms with van der Waals surface area (Å²) >= 11 is 0. The fourth-order valence-corrected chi connectivity index (χ4v) is 1.50. The highest BCUT2D eigenvalue weighted by Crippen LogP contribution is 2.22. The van der Waals surface area contributed by atoms with Crippen molar-refractivity contribution in [3.05, 3.63) is 41.6 Å². The minimum atomic E-state index is 0.572. The van der Waals surface area contributed by atoms with Gasteiger partial charge in [-0.25, -0.2) is 4.98 Å². The molecule has 0 aliphatic carbocycles. The van der Waals surface area contributed by atoms with Crippen LogP contribution >= 0.6 is 0 Å². The molecule has 2 aromatic rings. The summed E-state index contributed by atoms with van der Waals surface area (Å²) in [6.45, 7) is 4.43. The summed E-state index contributed by atoms with van der Waals surface area (Å²) in [5, 5.41) is 3.06. The number of rotatable bonds is 4. The lowest BCUT2D eigenvalue weighted by Crippen LogP contribution is -2.08. The van der Waals surface area contributed by atoms with Gasteiger partial charge in [0.1, 0.15) is 11.6 Å². The van der Waals surface area contributed by atoms with Gasteiger partial charge in [0.2, 0.25) is 5.88 Å². The zero-order valence-corrected chi connectivity index (χ0v) is 10.8. The number of nitrogens with one attached hydrogen (secondary N) is 1. The van der Waals surface area contributed by atoms with E-state index in [0.29, 0.717) is 24.0 Å². The van der Waals surface area contributed by atoms with Crippen molar-refractivity contribution in [1.29, 1.82) is 0 Å². The fraction of sp³-hybridized carbons (Fsp3) is 0.308. The van der Waals surface area contributed by atoms with Gasteiger partial charge in [0.15, 0.2) is 0 Å². The fourth-order valence-electron chi connectivity index (χ4n) is 1.50. The highest BCUT2D eigenvalue weighted by atomic mass is 16.5. The third kappa shape index (κ3) is 3.01. The maximum atomic E-state index is 5.74. The Morgan fingerprint density at radius 1 is 1.17 bits per heavy atom. The first-order valence-corrected chi connectivity index (χ1v) is 5.76. The summed E-state index contributed by atoms with van der Waals surface area (Å²) in [5.74, 6) is 1.93. The van der Waals surface area contributed by atoms with Crippen molar-refractivity contribution in [1.82, 2.24) is 20.3 Å². The van der Waals surface area contributed by atoms with Crippen LogP contribution in [0.1, 0.15) is 17.1 Å². The first kappa shape index (κ1) is 12.4. The molecule has 0 saturated heterocycles. The molecule has 94 valence electrons. The molecule has 2 rings (SSSR count). The zero-order valence-electron chi connectivity index (χ0n) is 10.8. The highest BCUT2D eigenvalue weighted by molar-refractivity contribution is 5.30. The van der Waals surface area contributed by atoms with E-state index in [2.05, 4.69) is 20.3 Å². The molecular weight excluding hydrogens is 228 g/mol.